The Bertz CT molecular complexity index is 1320. The van der Waals surface area contributed by atoms with Gasteiger partial charge in [-0.15, -0.1) is 0 Å². The van der Waals surface area contributed by atoms with Gasteiger partial charge in [0.15, 0.2) is 5.82 Å². The lowest BCUT2D eigenvalue weighted by Gasteiger charge is -2.06. The maximum atomic E-state index is 12.3. The average Bonchev–Trinajstić information content (AvgIpc) is 3.23. The zero-order valence-electron chi connectivity index (χ0n) is 19.3. The average molecular weight is 465 g/mol. The maximum absolute atomic E-state index is 12.3. The summed E-state index contributed by atoms with van der Waals surface area (Å²) in [6.45, 7) is 7.76. The zero-order chi connectivity index (χ0) is 23.7. The Balaban J connectivity index is 1.66. The minimum atomic E-state index is -0.383. The fourth-order valence-electron chi connectivity index (χ4n) is 4.00. The highest BCUT2D eigenvalue weighted by atomic mass is 35.5. The number of ether oxygens (including phenoxy) is 1. The predicted octanol–water partition coefficient (Wildman–Crippen LogP) is 4.41. The summed E-state index contributed by atoms with van der Waals surface area (Å²) in [6, 6.07) is 9.59. The highest BCUT2D eigenvalue weighted by Gasteiger charge is 2.21. The molecule has 9 heteroatoms. The Morgan fingerprint density at radius 2 is 1.82 bits per heavy atom. The zero-order valence-corrected chi connectivity index (χ0v) is 20.0. The van der Waals surface area contributed by atoms with Gasteiger partial charge in [0, 0.05) is 30.1 Å². The molecule has 0 aliphatic rings. The summed E-state index contributed by atoms with van der Waals surface area (Å²) in [7, 11) is 1.93. The highest BCUT2D eigenvalue weighted by Crippen LogP contribution is 2.27. The molecule has 3 heterocycles. The molecule has 0 fully saturated rings. The number of benzene rings is 1. The number of hydrogen-bond donors (Lipinski definition) is 0. The van der Waals surface area contributed by atoms with E-state index in [9.17, 15) is 4.79 Å². The Labute approximate surface area is 197 Å². The van der Waals surface area contributed by atoms with Crippen LogP contribution in [0.4, 0.5) is 0 Å². The summed E-state index contributed by atoms with van der Waals surface area (Å²) < 4.78 is 8.70. The van der Waals surface area contributed by atoms with Crippen molar-refractivity contribution < 1.29 is 9.53 Å². The first-order chi connectivity index (χ1) is 15.8. The van der Waals surface area contributed by atoms with Crippen LogP contribution in [-0.2, 0) is 18.2 Å². The van der Waals surface area contributed by atoms with Gasteiger partial charge >= 0.3 is 5.97 Å². The van der Waals surface area contributed by atoms with E-state index in [1.807, 2.05) is 49.0 Å². The van der Waals surface area contributed by atoms with Gasteiger partial charge in [-0.2, -0.15) is 10.2 Å². The van der Waals surface area contributed by atoms with Crippen LogP contribution in [0.25, 0.3) is 17.1 Å². The smallest absolute Gasteiger partial charge is 0.341 e. The molecule has 8 nitrogen and oxygen atoms in total. The van der Waals surface area contributed by atoms with Crippen LogP contribution < -0.4 is 0 Å². The third-order valence-electron chi connectivity index (χ3n) is 5.55. The van der Waals surface area contributed by atoms with Crippen LogP contribution in [0.15, 0.2) is 36.7 Å². The third kappa shape index (κ3) is 4.39. The van der Waals surface area contributed by atoms with Crippen molar-refractivity contribution in [3.05, 3.63) is 75.6 Å². The molecule has 0 N–H and O–H groups in total. The molecule has 4 aromatic rings. The lowest BCUT2D eigenvalue weighted by Crippen LogP contribution is -2.09. The SMILES string of the molecule is CCOC(=O)c1c(C)nn(-c2cc(Cc3nn(C)c(-c4ccc(Cl)cc4)c3C)ncn2)c1C. The van der Waals surface area contributed by atoms with E-state index in [2.05, 4.69) is 22.0 Å². The van der Waals surface area contributed by atoms with Crippen LogP contribution in [0.3, 0.4) is 0 Å². The topological polar surface area (TPSA) is 87.7 Å². The van der Waals surface area contributed by atoms with E-state index in [1.165, 1.54) is 6.33 Å². The molecule has 0 saturated carbocycles. The second kappa shape index (κ2) is 9.15. The number of rotatable bonds is 6. The van der Waals surface area contributed by atoms with Crippen LogP contribution in [0.2, 0.25) is 5.02 Å². The van der Waals surface area contributed by atoms with E-state index in [0.717, 1.165) is 28.2 Å². The summed E-state index contributed by atoms with van der Waals surface area (Å²) in [6.07, 6.45) is 2.04. The van der Waals surface area contributed by atoms with E-state index >= 15 is 0 Å². The molecule has 1 aromatic carbocycles. The number of aromatic nitrogens is 6. The normalized spacial score (nSPS) is 11.1. The third-order valence-corrected chi connectivity index (χ3v) is 5.80. The minimum Gasteiger partial charge on any atom is -0.462 e. The van der Waals surface area contributed by atoms with Gasteiger partial charge in [-0.25, -0.2) is 19.4 Å². The van der Waals surface area contributed by atoms with Gasteiger partial charge in [0.05, 0.1) is 35.1 Å². The number of halogens is 1. The first-order valence-corrected chi connectivity index (χ1v) is 11.0. The number of hydrogen-bond acceptors (Lipinski definition) is 6. The molecular formula is C24H25ClN6O2. The fourth-order valence-corrected chi connectivity index (χ4v) is 4.12. The molecule has 0 aliphatic carbocycles. The molecule has 170 valence electrons. The molecule has 0 atom stereocenters. The van der Waals surface area contributed by atoms with Gasteiger partial charge in [-0.1, -0.05) is 23.7 Å². The largest absolute Gasteiger partial charge is 0.462 e. The van der Waals surface area contributed by atoms with Crippen molar-refractivity contribution in [1.29, 1.82) is 0 Å². The molecule has 0 bridgehead atoms. The number of carbonyl (C=O) groups excluding carboxylic acids is 1. The Kier molecular flexibility index (Phi) is 6.29. The lowest BCUT2D eigenvalue weighted by atomic mass is 10.0. The van der Waals surface area contributed by atoms with Crippen LogP contribution in [-0.4, -0.2) is 42.1 Å². The maximum Gasteiger partial charge on any atom is 0.341 e. The second-order valence-electron chi connectivity index (χ2n) is 7.77. The molecule has 0 spiro atoms. The Morgan fingerprint density at radius 1 is 1.09 bits per heavy atom. The molecule has 4 rings (SSSR count). The first kappa shape index (κ1) is 22.7. The quantitative estimate of drug-likeness (QED) is 0.393. The van der Waals surface area contributed by atoms with Crippen molar-refractivity contribution in [3.63, 3.8) is 0 Å². The van der Waals surface area contributed by atoms with E-state index in [-0.39, 0.29) is 5.97 Å². The highest BCUT2D eigenvalue weighted by molar-refractivity contribution is 6.30. The number of esters is 1. The molecule has 0 unspecified atom stereocenters. The summed E-state index contributed by atoms with van der Waals surface area (Å²) in [5, 5.41) is 9.93. The van der Waals surface area contributed by atoms with E-state index in [1.54, 1.807) is 18.5 Å². The van der Waals surface area contributed by atoms with Gasteiger partial charge < -0.3 is 4.74 Å². The molecule has 33 heavy (non-hydrogen) atoms. The Morgan fingerprint density at radius 3 is 2.52 bits per heavy atom. The molecule has 0 saturated heterocycles. The van der Waals surface area contributed by atoms with Gasteiger partial charge in [-0.3, -0.25) is 4.68 Å². The number of carbonyl (C=O) groups is 1. The minimum absolute atomic E-state index is 0.308. The van der Waals surface area contributed by atoms with Gasteiger partial charge in [0.1, 0.15) is 11.9 Å². The molecule has 0 radical (unpaired) electrons. The lowest BCUT2D eigenvalue weighted by molar-refractivity contribution is 0.0524. The van der Waals surface area contributed by atoms with Gasteiger partial charge in [0.2, 0.25) is 0 Å². The van der Waals surface area contributed by atoms with Crippen molar-refractivity contribution in [2.24, 2.45) is 7.05 Å². The van der Waals surface area contributed by atoms with Crippen molar-refractivity contribution >= 4 is 17.6 Å². The standard InChI is InChI=1S/C24H25ClN6O2/c1-6-33-24(32)22-15(3)28-31(16(22)4)21-12-19(26-13-27-21)11-20-14(2)23(30(5)29-20)17-7-9-18(25)10-8-17/h7-10,12-13H,6,11H2,1-5H3. The van der Waals surface area contributed by atoms with Crippen molar-refractivity contribution in [2.75, 3.05) is 6.61 Å². The predicted molar refractivity (Wildman–Crippen MR) is 126 cm³/mol. The summed E-state index contributed by atoms with van der Waals surface area (Å²) in [5.74, 6) is 0.203. The van der Waals surface area contributed by atoms with E-state index in [4.69, 9.17) is 21.4 Å². The second-order valence-corrected chi connectivity index (χ2v) is 8.21. The fraction of sp³-hybridized carbons (Fsp3) is 0.292. The van der Waals surface area contributed by atoms with Gasteiger partial charge in [-0.05, 0) is 45.4 Å². The van der Waals surface area contributed by atoms with Crippen molar-refractivity contribution in [3.8, 4) is 17.1 Å². The number of aryl methyl sites for hydroxylation is 2. The van der Waals surface area contributed by atoms with Crippen LogP contribution >= 0.6 is 11.6 Å². The van der Waals surface area contributed by atoms with Gasteiger partial charge in [0.25, 0.3) is 0 Å². The van der Waals surface area contributed by atoms with Crippen molar-refractivity contribution in [1.82, 2.24) is 29.5 Å². The summed E-state index contributed by atoms with van der Waals surface area (Å²) in [5.41, 5.74) is 6.63. The molecule has 0 aliphatic heterocycles. The molecule has 0 amide bonds. The Hall–Kier alpha value is -3.52. The van der Waals surface area contributed by atoms with Crippen LogP contribution in [0.1, 0.15) is 45.6 Å². The molecule has 3 aromatic heterocycles. The monoisotopic (exact) mass is 464 g/mol. The summed E-state index contributed by atoms with van der Waals surface area (Å²) >= 11 is 6.04. The van der Waals surface area contributed by atoms with Crippen LogP contribution in [0.5, 0.6) is 0 Å². The number of nitrogens with zero attached hydrogens (tertiary/aromatic N) is 6. The van der Waals surface area contributed by atoms with Crippen molar-refractivity contribution in [2.45, 2.75) is 34.1 Å². The van der Waals surface area contributed by atoms with Crippen LogP contribution in [0, 0.1) is 20.8 Å². The first-order valence-electron chi connectivity index (χ1n) is 10.6. The summed E-state index contributed by atoms with van der Waals surface area (Å²) in [4.78, 5) is 21.1. The van der Waals surface area contributed by atoms with E-state index in [0.29, 0.717) is 40.8 Å². The van der Waals surface area contributed by atoms with E-state index < -0.39 is 0 Å². The molecular weight excluding hydrogens is 440 g/mol.